The number of benzene rings is 2. The summed E-state index contributed by atoms with van der Waals surface area (Å²) in [6, 6.07) is 15.4. The second kappa shape index (κ2) is 10.9. The van der Waals surface area contributed by atoms with E-state index in [0.29, 0.717) is 30.8 Å². The summed E-state index contributed by atoms with van der Waals surface area (Å²) in [5.74, 6) is -1.95. The zero-order chi connectivity index (χ0) is 24.1. The average Bonchev–Trinajstić information content (AvgIpc) is 3.52. The summed E-state index contributed by atoms with van der Waals surface area (Å²) in [6.45, 7) is 0.466. The van der Waals surface area contributed by atoms with Crippen LogP contribution < -0.4 is 5.32 Å². The predicted octanol–water partition coefficient (Wildman–Crippen LogP) is 2.57. The van der Waals surface area contributed by atoms with Crippen molar-refractivity contribution >= 4 is 23.2 Å². The molecule has 1 saturated heterocycles. The van der Waals surface area contributed by atoms with E-state index in [1.54, 1.807) is 12.1 Å². The number of carbonyl (C=O) groups excluding carboxylic acids is 2. The Bertz CT molecular complexity index is 1120. The molecule has 3 N–H and O–H groups in total. The lowest BCUT2D eigenvalue weighted by molar-refractivity contribution is -0.153. The molecule has 1 aromatic heterocycles. The maximum absolute atomic E-state index is 13.2. The molecule has 178 valence electrons. The van der Waals surface area contributed by atoms with Crippen molar-refractivity contribution in [3.8, 4) is 0 Å². The number of aromatic nitrogens is 1. The molecule has 0 spiro atoms. The lowest BCUT2D eigenvalue weighted by atomic mass is 10.0. The van der Waals surface area contributed by atoms with Gasteiger partial charge < -0.3 is 20.4 Å². The molecule has 9 heteroatoms. The van der Waals surface area contributed by atoms with Crippen LogP contribution in [-0.4, -0.2) is 50.7 Å². The highest BCUT2D eigenvalue weighted by atomic mass is 32.1. The molecule has 1 fully saturated rings. The fraction of sp³-hybridized carbons (Fsp3) is 0.320. The van der Waals surface area contributed by atoms with Crippen molar-refractivity contribution in [1.82, 2.24) is 15.2 Å². The minimum Gasteiger partial charge on any atom is -0.380 e. The molecule has 7 nitrogen and oxygen atoms in total. The summed E-state index contributed by atoms with van der Waals surface area (Å²) in [7, 11) is 0. The van der Waals surface area contributed by atoms with Gasteiger partial charge in [0.1, 0.15) is 10.8 Å². The SMILES string of the molecule is O=C(NCc1nc(Cc2ccccc2)cs1)[C@H](O)[C@@H](O)C(=O)N1CCCC1c1ccc(F)cc1. The molecule has 1 unspecified atom stereocenters. The highest BCUT2D eigenvalue weighted by Crippen LogP contribution is 2.32. The van der Waals surface area contributed by atoms with E-state index in [4.69, 9.17) is 0 Å². The van der Waals surface area contributed by atoms with Crippen LogP contribution in [0.4, 0.5) is 4.39 Å². The number of rotatable bonds is 8. The number of aliphatic hydroxyl groups is 2. The average molecular weight is 484 g/mol. The summed E-state index contributed by atoms with van der Waals surface area (Å²) in [5, 5.41) is 25.8. The van der Waals surface area contributed by atoms with Gasteiger partial charge in [0.05, 0.1) is 18.3 Å². The van der Waals surface area contributed by atoms with Crippen molar-refractivity contribution in [2.24, 2.45) is 0 Å². The quantitative estimate of drug-likeness (QED) is 0.457. The third kappa shape index (κ3) is 5.67. The summed E-state index contributed by atoms with van der Waals surface area (Å²) in [4.78, 5) is 31.2. The Balaban J connectivity index is 1.31. The van der Waals surface area contributed by atoms with Gasteiger partial charge in [-0.1, -0.05) is 42.5 Å². The van der Waals surface area contributed by atoms with E-state index >= 15 is 0 Å². The van der Waals surface area contributed by atoms with Crippen LogP contribution in [0, 0.1) is 5.82 Å². The molecule has 0 aliphatic carbocycles. The van der Waals surface area contributed by atoms with Gasteiger partial charge in [0, 0.05) is 18.3 Å². The summed E-state index contributed by atoms with van der Waals surface area (Å²) >= 11 is 1.38. The molecule has 3 aromatic rings. The molecule has 4 rings (SSSR count). The molecular formula is C25H26FN3O4S. The van der Waals surface area contributed by atoms with Gasteiger partial charge in [-0.05, 0) is 36.1 Å². The number of halogens is 1. The Morgan fingerprint density at radius 2 is 1.85 bits per heavy atom. The number of nitrogens with zero attached hydrogens (tertiary/aromatic N) is 2. The number of nitrogens with one attached hydrogen (secondary N) is 1. The second-order valence-corrected chi connectivity index (χ2v) is 9.19. The largest absolute Gasteiger partial charge is 0.380 e. The fourth-order valence-corrected chi connectivity index (χ4v) is 4.83. The predicted molar refractivity (Wildman–Crippen MR) is 125 cm³/mol. The van der Waals surface area contributed by atoms with Gasteiger partial charge in [0.2, 0.25) is 0 Å². The number of hydrogen-bond acceptors (Lipinski definition) is 6. The molecule has 2 heterocycles. The van der Waals surface area contributed by atoms with Crippen molar-refractivity contribution in [3.05, 3.63) is 87.6 Å². The summed E-state index contributed by atoms with van der Waals surface area (Å²) in [5.41, 5.74) is 2.74. The van der Waals surface area contributed by atoms with Crippen molar-refractivity contribution in [2.45, 2.75) is 44.1 Å². The number of thiazole rings is 1. The molecule has 2 aromatic carbocycles. The minimum absolute atomic E-state index is 0.0815. The van der Waals surface area contributed by atoms with Gasteiger partial charge in [0.15, 0.2) is 12.2 Å². The molecule has 0 bridgehead atoms. The topological polar surface area (TPSA) is 103 Å². The third-order valence-electron chi connectivity index (χ3n) is 5.85. The zero-order valence-electron chi connectivity index (χ0n) is 18.4. The van der Waals surface area contributed by atoms with Gasteiger partial charge in [-0.25, -0.2) is 9.37 Å². The van der Waals surface area contributed by atoms with Crippen molar-refractivity contribution < 1.29 is 24.2 Å². The lowest BCUT2D eigenvalue weighted by Gasteiger charge is -2.28. The fourth-order valence-electron chi connectivity index (χ4n) is 4.09. The van der Waals surface area contributed by atoms with Gasteiger partial charge in [0.25, 0.3) is 11.8 Å². The molecule has 34 heavy (non-hydrogen) atoms. The first-order chi connectivity index (χ1) is 16.4. The first kappa shape index (κ1) is 24.0. The maximum Gasteiger partial charge on any atom is 0.255 e. The first-order valence-corrected chi connectivity index (χ1v) is 12.0. The van der Waals surface area contributed by atoms with Crippen LogP contribution >= 0.6 is 11.3 Å². The van der Waals surface area contributed by atoms with Crippen LogP contribution in [0.15, 0.2) is 60.0 Å². The van der Waals surface area contributed by atoms with Crippen LogP contribution in [0.25, 0.3) is 0 Å². The van der Waals surface area contributed by atoms with E-state index in [0.717, 1.165) is 16.8 Å². The second-order valence-electron chi connectivity index (χ2n) is 8.24. The Labute approximate surface area is 200 Å². The van der Waals surface area contributed by atoms with Crippen LogP contribution in [0.5, 0.6) is 0 Å². The monoisotopic (exact) mass is 483 g/mol. The lowest BCUT2D eigenvalue weighted by Crippen LogP contribution is -2.50. The van der Waals surface area contributed by atoms with Crippen LogP contribution in [0.1, 0.15) is 40.7 Å². The highest BCUT2D eigenvalue weighted by Gasteiger charge is 2.38. The van der Waals surface area contributed by atoms with Crippen molar-refractivity contribution in [3.63, 3.8) is 0 Å². The maximum atomic E-state index is 13.2. The molecule has 1 aliphatic heterocycles. The van der Waals surface area contributed by atoms with Gasteiger partial charge in [-0.3, -0.25) is 9.59 Å². The number of likely N-dealkylation sites (tertiary alicyclic amines) is 1. The van der Waals surface area contributed by atoms with Gasteiger partial charge in [-0.2, -0.15) is 0 Å². The van der Waals surface area contributed by atoms with Crippen LogP contribution in [0.3, 0.4) is 0 Å². The molecule has 0 saturated carbocycles. The van der Waals surface area contributed by atoms with E-state index in [2.05, 4.69) is 10.3 Å². The van der Waals surface area contributed by atoms with Crippen molar-refractivity contribution in [2.75, 3.05) is 6.54 Å². The normalized spacial score (nSPS) is 17.4. The smallest absolute Gasteiger partial charge is 0.255 e. The first-order valence-electron chi connectivity index (χ1n) is 11.1. The van der Waals surface area contributed by atoms with E-state index in [9.17, 15) is 24.2 Å². The summed E-state index contributed by atoms with van der Waals surface area (Å²) < 4.78 is 13.2. The Morgan fingerprint density at radius 3 is 2.59 bits per heavy atom. The van der Waals surface area contributed by atoms with Crippen molar-refractivity contribution in [1.29, 1.82) is 0 Å². The summed E-state index contributed by atoms with van der Waals surface area (Å²) in [6.07, 6.45) is -1.77. The molecule has 0 radical (unpaired) electrons. The minimum atomic E-state index is -1.91. The van der Waals surface area contributed by atoms with E-state index in [1.165, 1.54) is 28.4 Å². The van der Waals surface area contributed by atoms with E-state index in [-0.39, 0.29) is 18.4 Å². The van der Waals surface area contributed by atoms with E-state index < -0.39 is 24.0 Å². The van der Waals surface area contributed by atoms with E-state index in [1.807, 2.05) is 35.7 Å². The molecule has 2 amide bonds. The highest BCUT2D eigenvalue weighted by molar-refractivity contribution is 7.09. The van der Waals surface area contributed by atoms with Gasteiger partial charge >= 0.3 is 0 Å². The zero-order valence-corrected chi connectivity index (χ0v) is 19.2. The Hall–Kier alpha value is -3.14. The third-order valence-corrected chi connectivity index (χ3v) is 6.75. The standard InChI is InChI=1S/C25H26FN3O4S/c26-18-10-8-17(9-11-18)20-7-4-12-29(20)25(33)23(31)22(30)24(32)27-14-21-28-19(15-34-21)13-16-5-2-1-3-6-16/h1-3,5-6,8-11,15,20,22-23,30-31H,4,7,12-14H2,(H,27,32)/t20?,22-,23-/m1/s1. The Morgan fingerprint density at radius 1 is 1.12 bits per heavy atom. The number of hydrogen-bond donors (Lipinski definition) is 3. The molecule has 3 atom stereocenters. The number of aliphatic hydroxyl groups excluding tert-OH is 2. The molecule has 1 aliphatic rings. The number of carbonyl (C=O) groups is 2. The van der Waals surface area contributed by atoms with Crippen LogP contribution in [0.2, 0.25) is 0 Å². The van der Waals surface area contributed by atoms with Gasteiger partial charge in [-0.15, -0.1) is 11.3 Å². The number of amides is 2. The molecular weight excluding hydrogens is 457 g/mol. The van der Waals surface area contributed by atoms with Crippen LogP contribution in [-0.2, 0) is 22.6 Å². The Kier molecular flexibility index (Phi) is 7.66.